The van der Waals surface area contributed by atoms with Gasteiger partial charge in [0, 0.05) is 32.0 Å². The van der Waals surface area contributed by atoms with Crippen LogP contribution in [0.2, 0.25) is 0 Å². The third kappa shape index (κ3) is 5.11. The molecule has 3 atom stereocenters. The molecular weight excluding hydrogens is 254 g/mol. The molecule has 1 aromatic rings. The molecule has 1 aromatic heterocycles. The van der Waals surface area contributed by atoms with E-state index in [1.165, 1.54) is 0 Å². The summed E-state index contributed by atoms with van der Waals surface area (Å²) in [5, 5.41) is 13.2. The first kappa shape index (κ1) is 16.3. The van der Waals surface area contributed by atoms with Crippen LogP contribution in [0.15, 0.2) is 42.8 Å². The van der Waals surface area contributed by atoms with E-state index in [-0.39, 0.29) is 12.0 Å². The number of nitrogens with zero attached hydrogens (tertiary/aromatic N) is 2. The number of ether oxygens (including phenoxy) is 1. The van der Waals surface area contributed by atoms with Crippen molar-refractivity contribution in [1.29, 1.82) is 0 Å². The second-order valence-corrected chi connectivity index (χ2v) is 4.72. The number of hydrogen-bond acceptors (Lipinski definition) is 5. The molecule has 0 saturated carbocycles. The molecule has 0 aromatic carbocycles. The van der Waals surface area contributed by atoms with Crippen LogP contribution in [0.1, 0.15) is 13.8 Å². The molecule has 20 heavy (non-hydrogen) atoms. The summed E-state index contributed by atoms with van der Waals surface area (Å²) in [6.45, 7) is 8.23. The van der Waals surface area contributed by atoms with Crippen molar-refractivity contribution in [2.75, 3.05) is 19.0 Å². The van der Waals surface area contributed by atoms with Gasteiger partial charge in [-0.05, 0) is 13.0 Å². The Morgan fingerprint density at radius 1 is 1.50 bits per heavy atom. The molecule has 0 fully saturated rings. The fourth-order valence-electron chi connectivity index (χ4n) is 1.89. The maximum atomic E-state index is 10.1. The summed E-state index contributed by atoms with van der Waals surface area (Å²) in [4.78, 5) is 8.18. The summed E-state index contributed by atoms with van der Waals surface area (Å²) >= 11 is 0. The first-order chi connectivity index (χ1) is 9.58. The molecule has 0 aliphatic rings. The smallest absolute Gasteiger partial charge is 0.222 e. The average molecular weight is 277 g/mol. The molecule has 0 unspecified atom stereocenters. The summed E-state index contributed by atoms with van der Waals surface area (Å²) in [5.41, 5.74) is 1.10. The molecule has 0 bridgehead atoms. The number of aliphatic hydroxyl groups excluding tert-OH is 1. The Morgan fingerprint density at radius 3 is 2.70 bits per heavy atom. The first-order valence-corrected chi connectivity index (χ1v) is 6.60. The van der Waals surface area contributed by atoms with Crippen LogP contribution in [-0.2, 0) is 4.74 Å². The Morgan fingerprint density at radius 2 is 2.15 bits per heavy atom. The third-order valence-corrected chi connectivity index (χ3v) is 3.02. The van der Waals surface area contributed by atoms with Crippen LogP contribution >= 0.6 is 0 Å². The second-order valence-electron chi connectivity index (χ2n) is 4.72. The van der Waals surface area contributed by atoms with Crippen molar-refractivity contribution in [2.45, 2.75) is 26.1 Å². The number of hydrogen-bond donors (Lipinski definition) is 2. The van der Waals surface area contributed by atoms with Gasteiger partial charge in [0.1, 0.15) is 6.10 Å². The molecule has 0 radical (unpaired) electrons. The third-order valence-electron chi connectivity index (χ3n) is 3.02. The lowest BCUT2D eigenvalue weighted by atomic mass is 9.97. The predicted molar refractivity (Wildman–Crippen MR) is 80.4 cm³/mol. The Hall–Kier alpha value is -1.72. The van der Waals surface area contributed by atoms with Gasteiger partial charge in [0.25, 0.3) is 0 Å². The van der Waals surface area contributed by atoms with Gasteiger partial charge in [0.05, 0.1) is 6.10 Å². The molecule has 0 amide bonds. The maximum absolute atomic E-state index is 10.1. The van der Waals surface area contributed by atoms with Crippen LogP contribution in [0, 0.1) is 5.92 Å². The zero-order valence-corrected chi connectivity index (χ0v) is 12.3. The number of aliphatic hydroxyl groups is 1. The molecular formula is C15H23N3O2. The van der Waals surface area contributed by atoms with Gasteiger partial charge < -0.3 is 15.2 Å². The van der Waals surface area contributed by atoms with Crippen molar-refractivity contribution in [3.8, 4) is 0 Å². The van der Waals surface area contributed by atoms with Gasteiger partial charge in [0.15, 0.2) is 0 Å². The highest BCUT2D eigenvalue weighted by molar-refractivity contribution is 5.25. The van der Waals surface area contributed by atoms with E-state index in [1.54, 1.807) is 31.6 Å². The van der Waals surface area contributed by atoms with Crippen LogP contribution in [0.5, 0.6) is 0 Å². The number of methoxy groups -OCH3 is 1. The summed E-state index contributed by atoms with van der Waals surface area (Å²) in [5.74, 6) is 0.561. The number of nitrogens with one attached hydrogen (secondary N) is 1. The van der Waals surface area contributed by atoms with Crippen molar-refractivity contribution in [3.63, 3.8) is 0 Å². The van der Waals surface area contributed by atoms with E-state index in [0.29, 0.717) is 12.5 Å². The normalized spacial score (nSPS) is 16.3. The standard InChI is InChI=1S/C15H23N3O2/c1-5-13(20-4)14(19)12(3)9-11(2)10-18-15-16-7-6-8-17-15/h5-9,12-14,19H,1,10H2,2-4H3,(H,16,17,18)/t12-,13+,14+/m1/s1. The topological polar surface area (TPSA) is 67.3 Å². The molecule has 110 valence electrons. The molecule has 1 heterocycles. The van der Waals surface area contributed by atoms with Crippen molar-refractivity contribution in [2.24, 2.45) is 5.92 Å². The number of anilines is 1. The van der Waals surface area contributed by atoms with E-state index in [4.69, 9.17) is 4.74 Å². The van der Waals surface area contributed by atoms with Gasteiger partial charge in [-0.1, -0.05) is 24.6 Å². The Balaban J connectivity index is 2.53. The quantitative estimate of drug-likeness (QED) is 0.712. The van der Waals surface area contributed by atoms with Crippen molar-refractivity contribution in [1.82, 2.24) is 9.97 Å². The van der Waals surface area contributed by atoms with Gasteiger partial charge in [-0.2, -0.15) is 0 Å². The lowest BCUT2D eigenvalue weighted by Crippen LogP contribution is -2.31. The molecule has 0 aliphatic carbocycles. The minimum absolute atomic E-state index is 0.0311. The zero-order valence-electron chi connectivity index (χ0n) is 12.3. The monoisotopic (exact) mass is 277 g/mol. The number of aromatic nitrogens is 2. The van der Waals surface area contributed by atoms with Gasteiger partial charge >= 0.3 is 0 Å². The lowest BCUT2D eigenvalue weighted by Gasteiger charge is -2.22. The average Bonchev–Trinajstić information content (AvgIpc) is 2.47. The lowest BCUT2D eigenvalue weighted by molar-refractivity contribution is -0.00152. The summed E-state index contributed by atoms with van der Waals surface area (Å²) in [6.07, 6.45) is 6.03. The van der Waals surface area contributed by atoms with Crippen molar-refractivity contribution < 1.29 is 9.84 Å². The van der Waals surface area contributed by atoms with E-state index in [2.05, 4.69) is 21.9 Å². The summed E-state index contributed by atoms with van der Waals surface area (Å²) in [6, 6.07) is 1.77. The van der Waals surface area contributed by atoms with E-state index in [1.807, 2.05) is 19.9 Å². The van der Waals surface area contributed by atoms with Gasteiger partial charge in [-0.15, -0.1) is 6.58 Å². The highest BCUT2D eigenvalue weighted by Crippen LogP contribution is 2.14. The first-order valence-electron chi connectivity index (χ1n) is 6.60. The fraction of sp³-hybridized carbons (Fsp3) is 0.467. The summed E-state index contributed by atoms with van der Waals surface area (Å²) in [7, 11) is 1.56. The summed E-state index contributed by atoms with van der Waals surface area (Å²) < 4.78 is 5.16. The largest absolute Gasteiger partial charge is 0.389 e. The molecule has 2 N–H and O–H groups in total. The molecule has 0 saturated heterocycles. The highest BCUT2D eigenvalue weighted by Gasteiger charge is 2.20. The van der Waals surface area contributed by atoms with Crippen LogP contribution in [0.4, 0.5) is 5.95 Å². The maximum Gasteiger partial charge on any atom is 0.222 e. The van der Waals surface area contributed by atoms with Crippen LogP contribution in [-0.4, -0.2) is 40.9 Å². The van der Waals surface area contributed by atoms with Crippen molar-refractivity contribution >= 4 is 5.95 Å². The minimum atomic E-state index is -0.611. The Labute approximate surface area is 120 Å². The molecule has 0 spiro atoms. The predicted octanol–water partition coefficient (Wildman–Crippen LogP) is 2.03. The molecule has 5 nitrogen and oxygen atoms in total. The van der Waals surface area contributed by atoms with Crippen molar-refractivity contribution in [3.05, 3.63) is 42.8 Å². The Kier molecular flexibility index (Phi) is 6.90. The van der Waals surface area contributed by atoms with Crippen LogP contribution in [0.25, 0.3) is 0 Å². The SMILES string of the molecule is C=C[C@H](OC)[C@@H](O)[C@H](C)C=C(C)CNc1ncccn1. The van der Waals surface area contributed by atoms with E-state index >= 15 is 0 Å². The van der Waals surface area contributed by atoms with E-state index < -0.39 is 6.10 Å². The highest BCUT2D eigenvalue weighted by atomic mass is 16.5. The van der Waals surface area contributed by atoms with Gasteiger partial charge in [-0.3, -0.25) is 0 Å². The fourth-order valence-corrected chi connectivity index (χ4v) is 1.89. The molecule has 0 aliphatic heterocycles. The van der Waals surface area contributed by atoms with E-state index in [9.17, 15) is 5.11 Å². The minimum Gasteiger partial charge on any atom is -0.389 e. The Bertz CT molecular complexity index is 434. The molecule has 5 heteroatoms. The zero-order chi connectivity index (χ0) is 15.0. The second kappa shape index (κ2) is 8.45. The van der Waals surface area contributed by atoms with Gasteiger partial charge in [0.2, 0.25) is 5.95 Å². The number of rotatable bonds is 8. The molecule has 1 rings (SSSR count). The van der Waals surface area contributed by atoms with Crippen LogP contribution in [0.3, 0.4) is 0 Å². The van der Waals surface area contributed by atoms with Gasteiger partial charge in [-0.25, -0.2) is 9.97 Å². The van der Waals surface area contributed by atoms with Crippen LogP contribution < -0.4 is 5.32 Å². The van der Waals surface area contributed by atoms with E-state index in [0.717, 1.165) is 5.57 Å².